The highest BCUT2D eigenvalue weighted by atomic mass is 16.6. The summed E-state index contributed by atoms with van der Waals surface area (Å²) in [5.41, 5.74) is 0.762. The first-order chi connectivity index (χ1) is 10.1. The fraction of sp³-hybridized carbons (Fsp3) is 0.429. The number of fused-ring (bicyclic) bond motifs is 1. The number of methoxy groups -OCH3 is 2. The van der Waals surface area contributed by atoms with Gasteiger partial charge in [0.25, 0.3) is 0 Å². The van der Waals surface area contributed by atoms with Crippen LogP contribution >= 0.6 is 0 Å². The Labute approximate surface area is 121 Å². The molecule has 1 atom stereocenters. The van der Waals surface area contributed by atoms with E-state index in [1.807, 2.05) is 0 Å². The van der Waals surface area contributed by atoms with Crippen LogP contribution < -0.4 is 9.47 Å². The zero-order valence-corrected chi connectivity index (χ0v) is 11.8. The molecule has 0 saturated carbocycles. The number of carbonyl (C=O) groups excluding carboxylic acids is 2. The molecule has 21 heavy (non-hydrogen) atoms. The fourth-order valence-corrected chi connectivity index (χ4v) is 2.18. The summed E-state index contributed by atoms with van der Waals surface area (Å²) in [4.78, 5) is 23.2. The van der Waals surface area contributed by atoms with E-state index in [2.05, 4.69) is 0 Å². The van der Waals surface area contributed by atoms with E-state index < -0.39 is 12.3 Å². The molecule has 1 aromatic carbocycles. The number of aldehydes is 1. The molecule has 1 aliphatic rings. The molecule has 0 radical (unpaired) electrons. The first-order valence-corrected chi connectivity index (χ1v) is 6.32. The largest absolute Gasteiger partial charge is 0.492 e. The first kappa shape index (κ1) is 15.3. The van der Waals surface area contributed by atoms with Gasteiger partial charge in [-0.3, -0.25) is 4.79 Å². The van der Waals surface area contributed by atoms with E-state index in [0.717, 1.165) is 0 Å². The molecule has 2 rings (SSSR count). The zero-order chi connectivity index (χ0) is 15.4. The number of carbonyl (C=O) groups is 2. The average Bonchev–Trinajstić information content (AvgIpc) is 2.46. The van der Waals surface area contributed by atoms with Gasteiger partial charge in [-0.1, -0.05) is 0 Å². The van der Waals surface area contributed by atoms with Crippen LogP contribution in [0, 0.1) is 0 Å². The molecule has 114 valence electrons. The average molecular weight is 296 g/mol. The zero-order valence-electron chi connectivity index (χ0n) is 11.8. The van der Waals surface area contributed by atoms with Crippen molar-refractivity contribution in [2.45, 2.75) is 12.7 Å². The SMILES string of the molecule is COCCOc1cc2c(c(C=O)c1OC)CC(O)OC2=O. The van der Waals surface area contributed by atoms with E-state index in [1.54, 1.807) is 0 Å². The van der Waals surface area contributed by atoms with Crippen LogP contribution in [0.3, 0.4) is 0 Å². The van der Waals surface area contributed by atoms with E-state index in [0.29, 0.717) is 18.5 Å². The van der Waals surface area contributed by atoms with Crippen molar-refractivity contribution in [1.82, 2.24) is 0 Å². The summed E-state index contributed by atoms with van der Waals surface area (Å²) in [5, 5.41) is 9.50. The Balaban J connectivity index is 2.50. The fourth-order valence-electron chi connectivity index (χ4n) is 2.18. The predicted octanol–water partition coefficient (Wildman–Crippen LogP) is 0.564. The van der Waals surface area contributed by atoms with Crippen LogP contribution in [0.15, 0.2) is 6.07 Å². The Hall–Kier alpha value is -2.12. The lowest BCUT2D eigenvalue weighted by Gasteiger charge is -2.24. The number of hydrogen-bond donors (Lipinski definition) is 1. The van der Waals surface area contributed by atoms with Gasteiger partial charge in [0.1, 0.15) is 6.61 Å². The summed E-state index contributed by atoms with van der Waals surface area (Å²) >= 11 is 0. The van der Waals surface area contributed by atoms with Crippen molar-refractivity contribution in [2.75, 3.05) is 27.4 Å². The summed E-state index contributed by atoms with van der Waals surface area (Å²) < 4.78 is 20.3. The molecule has 0 spiro atoms. The van der Waals surface area contributed by atoms with Crippen LogP contribution in [0.2, 0.25) is 0 Å². The minimum Gasteiger partial charge on any atom is -0.492 e. The number of rotatable bonds is 6. The van der Waals surface area contributed by atoms with E-state index in [4.69, 9.17) is 18.9 Å². The number of cyclic esters (lactones) is 1. The van der Waals surface area contributed by atoms with Gasteiger partial charge >= 0.3 is 5.97 Å². The van der Waals surface area contributed by atoms with E-state index in [1.165, 1.54) is 20.3 Å². The maximum absolute atomic E-state index is 11.8. The number of ether oxygens (including phenoxy) is 4. The molecule has 0 aliphatic carbocycles. The molecular weight excluding hydrogens is 280 g/mol. The highest BCUT2D eigenvalue weighted by Gasteiger charge is 2.31. The second-order valence-electron chi connectivity index (χ2n) is 4.37. The third kappa shape index (κ3) is 2.98. The minimum absolute atomic E-state index is 0.0316. The molecule has 0 fully saturated rings. The normalized spacial score (nSPS) is 16.9. The second-order valence-corrected chi connectivity index (χ2v) is 4.37. The number of aliphatic hydroxyl groups excluding tert-OH is 1. The maximum Gasteiger partial charge on any atom is 0.340 e. The Morgan fingerprint density at radius 1 is 1.43 bits per heavy atom. The van der Waals surface area contributed by atoms with Gasteiger partial charge in [0, 0.05) is 13.5 Å². The highest BCUT2D eigenvalue weighted by Crippen LogP contribution is 2.37. The Morgan fingerprint density at radius 3 is 2.81 bits per heavy atom. The summed E-state index contributed by atoms with van der Waals surface area (Å²) in [6, 6.07) is 1.45. The molecule has 1 heterocycles. The molecule has 1 unspecified atom stereocenters. The van der Waals surface area contributed by atoms with Gasteiger partial charge in [0.05, 0.1) is 24.8 Å². The number of esters is 1. The van der Waals surface area contributed by atoms with Gasteiger partial charge < -0.3 is 24.1 Å². The van der Waals surface area contributed by atoms with Crippen molar-refractivity contribution in [2.24, 2.45) is 0 Å². The molecule has 1 N–H and O–H groups in total. The Bertz CT molecular complexity index is 553. The van der Waals surface area contributed by atoms with Crippen LogP contribution in [-0.4, -0.2) is 51.1 Å². The molecular formula is C14H16O7. The van der Waals surface area contributed by atoms with Crippen molar-refractivity contribution < 1.29 is 33.6 Å². The van der Waals surface area contributed by atoms with Crippen molar-refractivity contribution in [1.29, 1.82) is 0 Å². The third-order valence-electron chi connectivity index (χ3n) is 3.10. The van der Waals surface area contributed by atoms with E-state index >= 15 is 0 Å². The van der Waals surface area contributed by atoms with Crippen LogP contribution in [-0.2, 0) is 15.9 Å². The number of aliphatic hydroxyl groups is 1. The van der Waals surface area contributed by atoms with Crippen molar-refractivity contribution in [3.63, 3.8) is 0 Å². The Morgan fingerprint density at radius 2 is 2.19 bits per heavy atom. The quantitative estimate of drug-likeness (QED) is 0.466. The lowest BCUT2D eigenvalue weighted by molar-refractivity contribution is -0.0688. The van der Waals surface area contributed by atoms with Crippen molar-refractivity contribution in [3.8, 4) is 11.5 Å². The van der Waals surface area contributed by atoms with E-state index in [9.17, 15) is 14.7 Å². The highest BCUT2D eigenvalue weighted by molar-refractivity contribution is 5.97. The molecule has 1 aromatic rings. The molecule has 1 aliphatic heterocycles. The lowest BCUT2D eigenvalue weighted by atomic mass is 9.95. The molecule has 7 nitrogen and oxygen atoms in total. The van der Waals surface area contributed by atoms with Gasteiger partial charge in [0.15, 0.2) is 17.8 Å². The minimum atomic E-state index is -1.27. The topological polar surface area (TPSA) is 91.3 Å². The van der Waals surface area contributed by atoms with Crippen LogP contribution in [0.1, 0.15) is 26.3 Å². The van der Waals surface area contributed by atoms with E-state index in [-0.39, 0.29) is 35.7 Å². The molecule has 0 bridgehead atoms. The molecule has 0 saturated heterocycles. The molecule has 0 aromatic heterocycles. The number of hydrogen-bond acceptors (Lipinski definition) is 7. The van der Waals surface area contributed by atoms with Gasteiger partial charge in [-0.2, -0.15) is 0 Å². The van der Waals surface area contributed by atoms with Crippen molar-refractivity contribution in [3.05, 3.63) is 22.8 Å². The summed E-state index contributed by atoms with van der Waals surface area (Å²) in [7, 11) is 2.93. The monoisotopic (exact) mass is 296 g/mol. The van der Waals surface area contributed by atoms with Crippen LogP contribution in [0.5, 0.6) is 11.5 Å². The summed E-state index contributed by atoms with van der Waals surface area (Å²) in [5.74, 6) is -0.225. The number of benzene rings is 1. The predicted molar refractivity (Wildman–Crippen MR) is 70.9 cm³/mol. The van der Waals surface area contributed by atoms with Gasteiger partial charge in [0.2, 0.25) is 6.29 Å². The lowest BCUT2D eigenvalue weighted by Crippen LogP contribution is -2.28. The van der Waals surface area contributed by atoms with Crippen molar-refractivity contribution >= 4 is 12.3 Å². The van der Waals surface area contributed by atoms with Gasteiger partial charge in [-0.15, -0.1) is 0 Å². The first-order valence-electron chi connectivity index (χ1n) is 6.32. The molecule has 7 heteroatoms. The van der Waals surface area contributed by atoms with Crippen LogP contribution in [0.25, 0.3) is 0 Å². The summed E-state index contributed by atoms with van der Waals surface area (Å²) in [6.45, 7) is 0.585. The Kier molecular flexibility index (Phi) is 4.77. The van der Waals surface area contributed by atoms with Gasteiger partial charge in [-0.25, -0.2) is 4.79 Å². The smallest absolute Gasteiger partial charge is 0.340 e. The molecule has 0 amide bonds. The van der Waals surface area contributed by atoms with Gasteiger partial charge in [-0.05, 0) is 11.6 Å². The van der Waals surface area contributed by atoms with Crippen LogP contribution in [0.4, 0.5) is 0 Å². The standard InChI is InChI=1S/C14H16O7/c1-18-3-4-20-11-5-9-8(6-12(16)21-14(9)17)10(7-15)13(11)19-2/h5,7,12,16H,3-4,6H2,1-2H3. The second kappa shape index (κ2) is 6.55. The summed E-state index contributed by atoms with van der Waals surface area (Å²) in [6.07, 6.45) is -0.663. The third-order valence-corrected chi connectivity index (χ3v) is 3.10. The maximum atomic E-state index is 11.8.